The highest BCUT2D eigenvalue weighted by Crippen LogP contribution is 2.41. The number of likely N-dealkylation sites (N-methyl/N-ethyl adjacent to an activating group) is 1. The molecule has 3 rings (SSSR count). The average Bonchev–Trinajstić information content (AvgIpc) is 3.04. The molecule has 7 heteroatoms. The molecular formula is C25H29FN2O4. The Morgan fingerprint density at radius 3 is 2.50 bits per heavy atom. The van der Waals surface area contributed by atoms with Crippen molar-refractivity contribution in [3.63, 3.8) is 0 Å². The molecule has 1 heterocycles. The van der Waals surface area contributed by atoms with Crippen LogP contribution in [0.4, 0.5) is 4.39 Å². The Morgan fingerprint density at radius 2 is 1.88 bits per heavy atom. The van der Waals surface area contributed by atoms with E-state index in [0.717, 1.165) is 24.7 Å². The van der Waals surface area contributed by atoms with Gasteiger partial charge in [-0.05, 0) is 43.8 Å². The summed E-state index contributed by atoms with van der Waals surface area (Å²) in [6.45, 7) is 8.53. The maximum Gasteiger partial charge on any atom is 0.295 e. The third-order valence-corrected chi connectivity index (χ3v) is 5.87. The summed E-state index contributed by atoms with van der Waals surface area (Å²) in [7, 11) is 1.39. The number of carbonyl (C=O) groups is 2. The van der Waals surface area contributed by atoms with E-state index in [0.29, 0.717) is 18.7 Å². The van der Waals surface area contributed by atoms with E-state index in [1.54, 1.807) is 0 Å². The molecule has 0 aromatic heterocycles. The standard InChI is InChI=1S/C25H29FN2O4/c1-5-27(6-2)12-13-28-22(17-9-7-8-16(3)14-17)21(24(30)25(28)31)23(29)19-15-18(26)10-11-20(19)32-4/h7-11,14-15,22,29H,5-6,12-13H2,1-4H3/b23-21+. The van der Waals surface area contributed by atoms with Crippen LogP contribution in [-0.2, 0) is 9.59 Å². The lowest BCUT2D eigenvalue weighted by Gasteiger charge is -2.28. The molecule has 1 aliphatic rings. The summed E-state index contributed by atoms with van der Waals surface area (Å²) in [6.07, 6.45) is 0. The summed E-state index contributed by atoms with van der Waals surface area (Å²) in [5.74, 6) is -2.30. The number of likely N-dealkylation sites (tertiary alicyclic amines) is 1. The minimum absolute atomic E-state index is 0.0342. The summed E-state index contributed by atoms with van der Waals surface area (Å²) >= 11 is 0. The lowest BCUT2D eigenvalue weighted by atomic mass is 9.94. The van der Waals surface area contributed by atoms with Gasteiger partial charge in [-0.15, -0.1) is 0 Å². The highest BCUT2D eigenvalue weighted by atomic mass is 19.1. The van der Waals surface area contributed by atoms with Gasteiger partial charge >= 0.3 is 0 Å². The molecule has 1 unspecified atom stereocenters. The Kier molecular flexibility index (Phi) is 7.30. The van der Waals surface area contributed by atoms with Crippen molar-refractivity contribution < 1.29 is 23.8 Å². The van der Waals surface area contributed by atoms with Crippen molar-refractivity contribution in [1.29, 1.82) is 0 Å². The Labute approximate surface area is 187 Å². The van der Waals surface area contributed by atoms with Crippen molar-refractivity contribution in [2.45, 2.75) is 26.8 Å². The van der Waals surface area contributed by atoms with Crippen LogP contribution in [0, 0.1) is 12.7 Å². The number of halogens is 1. The molecule has 1 aliphatic heterocycles. The zero-order chi connectivity index (χ0) is 23.4. The maximum absolute atomic E-state index is 14.0. The Bertz CT molecular complexity index is 1050. The average molecular weight is 441 g/mol. The largest absolute Gasteiger partial charge is 0.507 e. The number of aliphatic hydroxyl groups is 1. The molecule has 6 nitrogen and oxygen atoms in total. The molecule has 0 spiro atoms. The number of amides is 1. The van der Waals surface area contributed by atoms with Crippen LogP contribution >= 0.6 is 0 Å². The van der Waals surface area contributed by atoms with Crippen LogP contribution in [0.5, 0.6) is 5.75 Å². The second-order valence-electron chi connectivity index (χ2n) is 7.78. The second kappa shape index (κ2) is 9.96. The summed E-state index contributed by atoms with van der Waals surface area (Å²) in [6, 6.07) is 10.4. The molecule has 1 N–H and O–H groups in total. The monoisotopic (exact) mass is 440 g/mol. The molecule has 1 amide bonds. The number of benzene rings is 2. The number of hydrogen-bond acceptors (Lipinski definition) is 5. The van der Waals surface area contributed by atoms with E-state index in [4.69, 9.17) is 4.74 Å². The van der Waals surface area contributed by atoms with Crippen molar-refractivity contribution in [2.24, 2.45) is 0 Å². The smallest absolute Gasteiger partial charge is 0.295 e. The molecule has 0 radical (unpaired) electrons. The minimum atomic E-state index is -0.792. The number of methoxy groups -OCH3 is 1. The number of hydrogen-bond donors (Lipinski definition) is 1. The Hall–Kier alpha value is -3.19. The van der Waals surface area contributed by atoms with Crippen molar-refractivity contribution >= 4 is 17.4 Å². The fourth-order valence-corrected chi connectivity index (χ4v) is 4.10. The zero-order valence-electron chi connectivity index (χ0n) is 18.9. The number of aryl methyl sites for hydroxylation is 1. The van der Waals surface area contributed by atoms with Crippen LogP contribution in [0.3, 0.4) is 0 Å². The topological polar surface area (TPSA) is 70.1 Å². The van der Waals surface area contributed by atoms with Crippen LogP contribution in [-0.4, -0.2) is 59.9 Å². The molecule has 1 atom stereocenters. The molecule has 0 bridgehead atoms. The first kappa shape index (κ1) is 23.5. The van der Waals surface area contributed by atoms with Gasteiger partial charge in [-0.2, -0.15) is 0 Å². The summed E-state index contributed by atoms with van der Waals surface area (Å²) < 4.78 is 19.2. The fourth-order valence-electron chi connectivity index (χ4n) is 4.10. The van der Waals surface area contributed by atoms with Crippen LogP contribution in [0.25, 0.3) is 5.76 Å². The van der Waals surface area contributed by atoms with E-state index in [-0.39, 0.29) is 16.9 Å². The van der Waals surface area contributed by atoms with Crippen LogP contribution < -0.4 is 4.74 Å². The summed E-state index contributed by atoms with van der Waals surface area (Å²) in [5.41, 5.74) is 1.64. The number of nitrogens with zero attached hydrogens (tertiary/aromatic N) is 2. The molecule has 0 aliphatic carbocycles. The highest BCUT2D eigenvalue weighted by molar-refractivity contribution is 6.46. The molecule has 170 valence electrons. The number of carbonyl (C=O) groups excluding carboxylic acids is 2. The van der Waals surface area contributed by atoms with Gasteiger partial charge in [-0.25, -0.2) is 4.39 Å². The van der Waals surface area contributed by atoms with E-state index < -0.39 is 29.3 Å². The number of ether oxygens (including phenoxy) is 1. The highest BCUT2D eigenvalue weighted by Gasteiger charge is 2.46. The van der Waals surface area contributed by atoms with E-state index >= 15 is 0 Å². The van der Waals surface area contributed by atoms with Gasteiger partial charge in [0, 0.05) is 13.1 Å². The first-order chi connectivity index (χ1) is 15.3. The van der Waals surface area contributed by atoms with Gasteiger partial charge in [0.05, 0.1) is 24.3 Å². The summed E-state index contributed by atoms with van der Waals surface area (Å²) in [5, 5.41) is 11.2. The molecule has 2 aromatic rings. The normalized spacial score (nSPS) is 17.9. The first-order valence-corrected chi connectivity index (χ1v) is 10.7. The van der Waals surface area contributed by atoms with Crippen LogP contribution in [0.15, 0.2) is 48.0 Å². The quantitative estimate of drug-likeness (QED) is 0.383. The lowest BCUT2D eigenvalue weighted by Crippen LogP contribution is -2.38. The zero-order valence-corrected chi connectivity index (χ0v) is 18.9. The van der Waals surface area contributed by atoms with Gasteiger partial charge in [-0.1, -0.05) is 43.7 Å². The third-order valence-electron chi connectivity index (χ3n) is 5.87. The van der Waals surface area contributed by atoms with E-state index in [2.05, 4.69) is 4.90 Å². The van der Waals surface area contributed by atoms with Gasteiger partial charge in [-0.3, -0.25) is 9.59 Å². The van der Waals surface area contributed by atoms with Crippen molar-refractivity contribution in [2.75, 3.05) is 33.3 Å². The van der Waals surface area contributed by atoms with Gasteiger partial charge in [0.1, 0.15) is 17.3 Å². The van der Waals surface area contributed by atoms with Crippen molar-refractivity contribution in [3.8, 4) is 5.75 Å². The number of Topliss-reactive ketones (excluding diaryl/α,β-unsaturated/α-hetero) is 1. The van der Waals surface area contributed by atoms with Crippen molar-refractivity contribution in [3.05, 3.63) is 70.5 Å². The van der Waals surface area contributed by atoms with E-state index in [9.17, 15) is 19.1 Å². The maximum atomic E-state index is 14.0. The summed E-state index contributed by atoms with van der Waals surface area (Å²) in [4.78, 5) is 29.8. The molecule has 0 saturated carbocycles. The lowest BCUT2D eigenvalue weighted by molar-refractivity contribution is -0.140. The Balaban J connectivity index is 2.17. The molecule has 1 saturated heterocycles. The predicted molar refractivity (Wildman–Crippen MR) is 121 cm³/mol. The number of aliphatic hydroxyl groups excluding tert-OH is 1. The SMILES string of the molecule is CCN(CC)CCN1C(=O)C(=O)/C(=C(/O)c2cc(F)ccc2OC)C1c1cccc(C)c1. The number of rotatable bonds is 8. The molecule has 2 aromatic carbocycles. The third kappa shape index (κ3) is 4.53. The molecular weight excluding hydrogens is 411 g/mol. The van der Waals surface area contributed by atoms with Crippen LogP contribution in [0.1, 0.15) is 36.6 Å². The first-order valence-electron chi connectivity index (χ1n) is 10.7. The van der Waals surface area contributed by atoms with E-state index in [1.165, 1.54) is 24.1 Å². The fraction of sp³-hybridized carbons (Fsp3) is 0.360. The van der Waals surface area contributed by atoms with Crippen molar-refractivity contribution in [1.82, 2.24) is 9.80 Å². The Morgan fingerprint density at radius 1 is 1.16 bits per heavy atom. The molecule has 32 heavy (non-hydrogen) atoms. The van der Waals surface area contributed by atoms with Gasteiger partial charge in [0.25, 0.3) is 11.7 Å². The van der Waals surface area contributed by atoms with Gasteiger partial charge in [0.15, 0.2) is 0 Å². The van der Waals surface area contributed by atoms with Gasteiger partial charge < -0.3 is 19.6 Å². The minimum Gasteiger partial charge on any atom is -0.507 e. The van der Waals surface area contributed by atoms with E-state index in [1.807, 2.05) is 45.0 Å². The van der Waals surface area contributed by atoms with Gasteiger partial charge in [0.2, 0.25) is 0 Å². The predicted octanol–water partition coefficient (Wildman–Crippen LogP) is 3.91. The van der Waals surface area contributed by atoms with Crippen LogP contribution in [0.2, 0.25) is 0 Å². The number of ketones is 1. The molecule has 1 fully saturated rings. The second-order valence-corrected chi connectivity index (χ2v) is 7.78.